The lowest BCUT2D eigenvalue weighted by Crippen LogP contribution is -2.31. The first-order chi connectivity index (χ1) is 8.50. The molecule has 0 saturated heterocycles. The highest BCUT2D eigenvalue weighted by Crippen LogP contribution is 2.03. The molecule has 0 spiro atoms. The number of pyridine rings is 1. The van der Waals surface area contributed by atoms with Gasteiger partial charge < -0.3 is 15.5 Å². The molecule has 0 fully saturated rings. The summed E-state index contributed by atoms with van der Waals surface area (Å²) in [5, 5.41) is 20.0. The van der Waals surface area contributed by atoms with Crippen molar-refractivity contribution in [2.24, 2.45) is 0 Å². The van der Waals surface area contributed by atoms with Gasteiger partial charge in [0.25, 0.3) is 0 Å². The van der Waals surface area contributed by atoms with Crippen LogP contribution in [0.2, 0.25) is 0 Å². The summed E-state index contributed by atoms with van der Waals surface area (Å²) < 4.78 is 0. The fraction of sp³-hybridized carbons (Fsp3) is 0.417. The SMILES string of the molecule is Cc1cccnc1CC(=O)NCC[C@H](O)C(=O)O. The van der Waals surface area contributed by atoms with Crippen molar-refractivity contribution in [3.05, 3.63) is 29.6 Å². The Morgan fingerprint density at radius 2 is 2.22 bits per heavy atom. The Morgan fingerprint density at radius 3 is 2.83 bits per heavy atom. The lowest BCUT2D eigenvalue weighted by atomic mass is 10.1. The lowest BCUT2D eigenvalue weighted by Gasteiger charge is -2.08. The average molecular weight is 252 g/mol. The molecule has 0 aliphatic heterocycles. The summed E-state index contributed by atoms with van der Waals surface area (Å²) in [4.78, 5) is 26.0. The number of carboxylic acid groups (broad SMARTS) is 1. The highest BCUT2D eigenvalue weighted by atomic mass is 16.4. The van der Waals surface area contributed by atoms with Gasteiger partial charge in [0.2, 0.25) is 5.91 Å². The number of aryl methyl sites for hydroxylation is 1. The maximum absolute atomic E-state index is 11.5. The third-order valence-electron chi connectivity index (χ3n) is 2.47. The van der Waals surface area contributed by atoms with Crippen LogP contribution in [0, 0.1) is 6.92 Å². The predicted molar refractivity (Wildman–Crippen MR) is 63.9 cm³/mol. The Bertz CT molecular complexity index is 434. The molecule has 0 radical (unpaired) electrons. The van der Waals surface area contributed by atoms with E-state index in [0.29, 0.717) is 5.69 Å². The van der Waals surface area contributed by atoms with Crippen molar-refractivity contribution in [1.82, 2.24) is 10.3 Å². The zero-order chi connectivity index (χ0) is 13.5. The first-order valence-corrected chi connectivity index (χ1v) is 5.58. The molecule has 1 aromatic rings. The maximum atomic E-state index is 11.5. The summed E-state index contributed by atoms with van der Waals surface area (Å²) in [6.07, 6.45) is 0.309. The molecule has 18 heavy (non-hydrogen) atoms. The summed E-state index contributed by atoms with van der Waals surface area (Å²) in [5.41, 5.74) is 1.62. The number of aromatic nitrogens is 1. The number of nitrogens with one attached hydrogen (secondary N) is 1. The highest BCUT2D eigenvalue weighted by Gasteiger charge is 2.13. The molecule has 1 heterocycles. The van der Waals surface area contributed by atoms with Gasteiger partial charge >= 0.3 is 5.97 Å². The molecule has 1 rings (SSSR count). The molecular formula is C12H16N2O4. The maximum Gasteiger partial charge on any atom is 0.332 e. The van der Waals surface area contributed by atoms with Crippen molar-refractivity contribution in [2.75, 3.05) is 6.54 Å². The first kappa shape index (κ1) is 14.1. The monoisotopic (exact) mass is 252 g/mol. The van der Waals surface area contributed by atoms with Crippen molar-refractivity contribution in [3.8, 4) is 0 Å². The number of carbonyl (C=O) groups excluding carboxylic acids is 1. The molecule has 0 bridgehead atoms. The second-order valence-corrected chi connectivity index (χ2v) is 3.94. The molecular weight excluding hydrogens is 236 g/mol. The van der Waals surface area contributed by atoms with Gasteiger partial charge in [0.1, 0.15) is 0 Å². The van der Waals surface area contributed by atoms with E-state index >= 15 is 0 Å². The van der Waals surface area contributed by atoms with Gasteiger partial charge in [-0.05, 0) is 18.6 Å². The molecule has 1 aromatic heterocycles. The van der Waals surface area contributed by atoms with Crippen molar-refractivity contribution in [2.45, 2.75) is 25.9 Å². The smallest absolute Gasteiger partial charge is 0.332 e. The van der Waals surface area contributed by atoms with Gasteiger partial charge in [0.15, 0.2) is 6.10 Å². The van der Waals surface area contributed by atoms with Crippen LogP contribution in [0.5, 0.6) is 0 Å². The Kier molecular flexibility index (Phi) is 5.26. The highest BCUT2D eigenvalue weighted by molar-refractivity contribution is 5.78. The standard InChI is InChI=1S/C12H16N2O4/c1-8-3-2-5-13-9(8)7-11(16)14-6-4-10(15)12(17)18/h2-3,5,10,15H,4,6-7H2,1H3,(H,14,16)(H,17,18)/t10-/m0/s1. The molecule has 0 unspecified atom stereocenters. The predicted octanol–water partition coefficient (Wildman–Crippen LogP) is -0.116. The van der Waals surface area contributed by atoms with Gasteiger partial charge in [-0.2, -0.15) is 0 Å². The van der Waals surface area contributed by atoms with E-state index in [1.165, 1.54) is 0 Å². The molecule has 1 atom stereocenters. The minimum absolute atomic E-state index is 0.0116. The summed E-state index contributed by atoms with van der Waals surface area (Å²) in [6, 6.07) is 3.66. The van der Waals surface area contributed by atoms with Crippen LogP contribution in [0.15, 0.2) is 18.3 Å². The zero-order valence-electron chi connectivity index (χ0n) is 10.1. The van der Waals surface area contributed by atoms with Crippen LogP contribution in [-0.4, -0.2) is 39.7 Å². The Labute approximate surface area is 105 Å². The van der Waals surface area contributed by atoms with E-state index in [1.807, 2.05) is 13.0 Å². The van der Waals surface area contributed by atoms with Crippen LogP contribution < -0.4 is 5.32 Å². The number of aliphatic carboxylic acids is 1. The number of aliphatic hydroxyl groups excluding tert-OH is 1. The van der Waals surface area contributed by atoms with Crippen LogP contribution in [0.1, 0.15) is 17.7 Å². The minimum Gasteiger partial charge on any atom is -0.479 e. The van der Waals surface area contributed by atoms with E-state index in [4.69, 9.17) is 10.2 Å². The minimum atomic E-state index is -1.44. The number of hydrogen-bond donors (Lipinski definition) is 3. The topological polar surface area (TPSA) is 99.5 Å². The van der Waals surface area contributed by atoms with Gasteiger partial charge in [0.05, 0.1) is 12.1 Å². The number of hydrogen-bond acceptors (Lipinski definition) is 4. The van der Waals surface area contributed by atoms with Gasteiger partial charge in [0, 0.05) is 19.2 Å². The van der Waals surface area contributed by atoms with Crippen LogP contribution in [0.25, 0.3) is 0 Å². The number of rotatable bonds is 6. The molecule has 0 aliphatic rings. The van der Waals surface area contributed by atoms with E-state index in [9.17, 15) is 9.59 Å². The molecule has 3 N–H and O–H groups in total. The Balaban J connectivity index is 2.35. The fourth-order valence-corrected chi connectivity index (χ4v) is 1.39. The number of amides is 1. The van der Waals surface area contributed by atoms with Crippen LogP contribution in [-0.2, 0) is 16.0 Å². The van der Waals surface area contributed by atoms with Crippen molar-refractivity contribution in [1.29, 1.82) is 0 Å². The first-order valence-electron chi connectivity index (χ1n) is 5.58. The van der Waals surface area contributed by atoms with Crippen molar-refractivity contribution < 1.29 is 19.8 Å². The largest absolute Gasteiger partial charge is 0.479 e. The molecule has 98 valence electrons. The fourth-order valence-electron chi connectivity index (χ4n) is 1.39. The molecule has 6 heteroatoms. The third-order valence-corrected chi connectivity index (χ3v) is 2.47. The average Bonchev–Trinajstić information content (AvgIpc) is 2.32. The number of carboxylic acids is 1. The van der Waals surface area contributed by atoms with Crippen LogP contribution in [0.4, 0.5) is 0 Å². The molecule has 1 amide bonds. The molecule has 0 aliphatic carbocycles. The van der Waals surface area contributed by atoms with E-state index in [1.54, 1.807) is 12.3 Å². The van der Waals surface area contributed by atoms with Gasteiger partial charge in [-0.15, -0.1) is 0 Å². The quantitative estimate of drug-likeness (QED) is 0.655. The number of nitrogens with zero attached hydrogens (tertiary/aromatic N) is 1. The third kappa shape index (κ3) is 4.50. The summed E-state index contributed by atoms with van der Waals surface area (Å²) in [5.74, 6) is -1.53. The van der Waals surface area contributed by atoms with E-state index < -0.39 is 12.1 Å². The van der Waals surface area contributed by atoms with E-state index in [0.717, 1.165) is 5.56 Å². The second-order valence-electron chi connectivity index (χ2n) is 3.94. The normalized spacial score (nSPS) is 11.9. The number of carbonyl (C=O) groups is 2. The van der Waals surface area contributed by atoms with Crippen LogP contribution in [0.3, 0.4) is 0 Å². The lowest BCUT2D eigenvalue weighted by molar-refractivity contribution is -0.147. The van der Waals surface area contributed by atoms with E-state index in [-0.39, 0.29) is 25.3 Å². The Morgan fingerprint density at radius 1 is 1.50 bits per heavy atom. The summed E-state index contributed by atoms with van der Waals surface area (Å²) >= 11 is 0. The summed E-state index contributed by atoms with van der Waals surface area (Å²) in [7, 11) is 0. The molecule has 0 aromatic carbocycles. The molecule has 6 nitrogen and oxygen atoms in total. The molecule has 0 saturated carbocycles. The van der Waals surface area contributed by atoms with Gasteiger partial charge in [-0.3, -0.25) is 9.78 Å². The number of aliphatic hydroxyl groups is 1. The van der Waals surface area contributed by atoms with E-state index in [2.05, 4.69) is 10.3 Å². The van der Waals surface area contributed by atoms with Crippen molar-refractivity contribution in [3.63, 3.8) is 0 Å². The van der Waals surface area contributed by atoms with Crippen LogP contribution >= 0.6 is 0 Å². The Hall–Kier alpha value is -1.95. The van der Waals surface area contributed by atoms with Gasteiger partial charge in [-0.1, -0.05) is 6.07 Å². The van der Waals surface area contributed by atoms with Gasteiger partial charge in [-0.25, -0.2) is 4.79 Å². The second kappa shape index (κ2) is 6.70. The zero-order valence-corrected chi connectivity index (χ0v) is 10.1. The van der Waals surface area contributed by atoms with Crippen molar-refractivity contribution >= 4 is 11.9 Å². The summed E-state index contributed by atoms with van der Waals surface area (Å²) in [6.45, 7) is 1.99.